The Bertz CT molecular complexity index is 158. The molecule has 0 bridgehead atoms. The zero-order valence-corrected chi connectivity index (χ0v) is 9.57. The molecule has 0 aliphatic heterocycles. The van der Waals surface area contributed by atoms with Crippen molar-refractivity contribution >= 4 is 18.4 Å². The average Bonchev–Trinajstić information content (AvgIpc) is 2.14. The van der Waals surface area contributed by atoms with Crippen LogP contribution >= 0.6 is 12.4 Å². The Labute approximate surface area is 92.0 Å². The Morgan fingerprint density at radius 2 is 2.00 bits per heavy atom. The topological polar surface area (TPSA) is 38.3 Å². The zero-order chi connectivity index (χ0) is 9.52. The van der Waals surface area contributed by atoms with Crippen molar-refractivity contribution in [2.75, 3.05) is 13.2 Å². The molecule has 3 nitrogen and oxygen atoms in total. The SMILES string of the molecule is CC(=O)OCCNC1CCCCC1.Cl. The first-order valence-corrected chi connectivity index (χ1v) is 5.16. The molecule has 1 saturated carbocycles. The van der Waals surface area contributed by atoms with Crippen LogP contribution in [0.25, 0.3) is 0 Å². The fourth-order valence-corrected chi connectivity index (χ4v) is 1.76. The van der Waals surface area contributed by atoms with E-state index < -0.39 is 0 Å². The fourth-order valence-electron chi connectivity index (χ4n) is 1.76. The quantitative estimate of drug-likeness (QED) is 0.582. The van der Waals surface area contributed by atoms with Crippen LogP contribution in [0.2, 0.25) is 0 Å². The van der Waals surface area contributed by atoms with Crippen molar-refractivity contribution in [3.8, 4) is 0 Å². The number of carbonyl (C=O) groups excluding carboxylic acids is 1. The number of hydrogen-bond donors (Lipinski definition) is 1. The van der Waals surface area contributed by atoms with Crippen molar-refractivity contribution < 1.29 is 9.53 Å². The summed E-state index contributed by atoms with van der Waals surface area (Å²) in [6.07, 6.45) is 6.61. The Morgan fingerprint density at radius 3 is 2.57 bits per heavy atom. The minimum atomic E-state index is -0.189. The molecule has 1 aliphatic rings. The van der Waals surface area contributed by atoms with Crippen LogP contribution in [0.5, 0.6) is 0 Å². The molecule has 0 atom stereocenters. The van der Waals surface area contributed by atoms with Crippen LogP contribution in [0.3, 0.4) is 0 Å². The highest BCUT2D eigenvalue weighted by Gasteiger charge is 2.11. The Balaban J connectivity index is 0.00000169. The molecule has 4 heteroatoms. The molecule has 1 rings (SSSR count). The summed E-state index contributed by atoms with van der Waals surface area (Å²) in [5.74, 6) is -0.189. The van der Waals surface area contributed by atoms with Gasteiger partial charge in [0.15, 0.2) is 0 Å². The van der Waals surface area contributed by atoms with E-state index in [1.165, 1.54) is 39.0 Å². The van der Waals surface area contributed by atoms with Crippen molar-refractivity contribution in [2.45, 2.75) is 45.1 Å². The lowest BCUT2D eigenvalue weighted by Crippen LogP contribution is -2.33. The van der Waals surface area contributed by atoms with Gasteiger partial charge in [-0.2, -0.15) is 0 Å². The molecule has 1 N–H and O–H groups in total. The highest BCUT2D eigenvalue weighted by Crippen LogP contribution is 2.16. The Kier molecular flexibility index (Phi) is 7.90. The second-order valence-electron chi connectivity index (χ2n) is 3.63. The molecular weight excluding hydrogens is 202 g/mol. The van der Waals surface area contributed by atoms with Gasteiger partial charge in [-0.05, 0) is 12.8 Å². The summed E-state index contributed by atoms with van der Waals surface area (Å²) < 4.78 is 4.83. The molecule has 0 aromatic carbocycles. The smallest absolute Gasteiger partial charge is 0.302 e. The molecule has 0 saturated heterocycles. The summed E-state index contributed by atoms with van der Waals surface area (Å²) in [5, 5.41) is 3.40. The van der Waals surface area contributed by atoms with E-state index in [0.717, 1.165) is 6.54 Å². The third-order valence-electron chi connectivity index (χ3n) is 2.45. The summed E-state index contributed by atoms with van der Waals surface area (Å²) in [5.41, 5.74) is 0. The number of rotatable bonds is 4. The van der Waals surface area contributed by atoms with Crippen LogP contribution in [0.4, 0.5) is 0 Å². The molecule has 0 aromatic rings. The Hall–Kier alpha value is -0.280. The van der Waals surface area contributed by atoms with Crippen LogP contribution < -0.4 is 5.32 Å². The molecular formula is C10H20ClNO2. The number of ether oxygens (including phenoxy) is 1. The molecule has 0 spiro atoms. The lowest BCUT2D eigenvalue weighted by atomic mass is 9.96. The number of nitrogens with one attached hydrogen (secondary N) is 1. The molecule has 14 heavy (non-hydrogen) atoms. The van der Waals surface area contributed by atoms with E-state index in [4.69, 9.17) is 4.74 Å². The molecule has 0 unspecified atom stereocenters. The van der Waals surface area contributed by atoms with Gasteiger partial charge in [-0.25, -0.2) is 0 Å². The van der Waals surface area contributed by atoms with Crippen LogP contribution in [-0.4, -0.2) is 25.2 Å². The number of esters is 1. The van der Waals surface area contributed by atoms with Gasteiger partial charge in [0, 0.05) is 19.5 Å². The maximum atomic E-state index is 10.4. The minimum absolute atomic E-state index is 0. The summed E-state index contributed by atoms with van der Waals surface area (Å²) in [6.45, 7) is 2.75. The molecule has 1 fully saturated rings. The maximum absolute atomic E-state index is 10.4. The summed E-state index contributed by atoms with van der Waals surface area (Å²) in [6, 6.07) is 0.657. The van der Waals surface area contributed by atoms with Gasteiger partial charge in [0.2, 0.25) is 0 Å². The molecule has 0 heterocycles. The van der Waals surface area contributed by atoms with Crippen LogP contribution in [0, 0.1) is 0 Å². The van der Waals surface area contributed by atoms with Gasteiger partial charge in [0.25, 0.3) is 0 Å². The molecule has 84 valence electrons. The van der Waals surface area contributed by atoms with Crippen LogP contribution in [0.1, 0.15) is 39.0 Å². The molecule has 1 aliphatic carbocycles. The number of carbonyl (C=O) groups is 1. The Morgan fingerprint density at radius 1 is 1.36 bits per heavy atom. The van der Waals surface area contributed by atoms with Crippen molar-refractivity contribution in [1.82, 2.24) is 5.32 Å². The van der Waals surface area contributed by atoms with Crippen molar-refractivity contribution in [1.29, 1.82) is 0 Å². The van der Waals surface area contributed by atoms with E-state index in [1.54, 1.807) is 0 Å². The lowest BCUT2D eigenvalue weighted by molar-refractivity contribution is -0.140. The summed E-state index contributed by atoms with van der Waals surface area (Å²) >= 11 is 0. The second-order valence-corrected chi connectivity index (χ2v) is 3.63. The average molecular weight is 222 g/mol. The van der Waals surface area contributed by atoms with Gasteiger partial charge in [0.1, 0.15) is 6.61 Å². The van der Waals surface area contributed by atoms with Crippen molar-refractivity contribution in [3.63, 3.8) is 0 Å². The first-order chi connectivity index (χ1) is 6.29. The van der Waals surface area contributed by atoms with E-state index in [0.29, 0.717) is 12.6 Å². The predicted molar refractivity (Wildman–Crippen MR) is 58.8 cm³/mol. The third-order valence-corrected chi connectivity index (χ3v) is 2.45. The highest BCUT2D eigenvalue weighted by atomic mass is 35.5. The number of halogens is 1. The standard InChI is InChI=1S/C10H19NO2.ClH/c1-9(12)13-8-7-11-10-5-3-2-4-6-10;/h10-11H,2-8H2,1H3;1H. The zero-order valence-electron chi connectivity index (χ0n) is 8.75. The number of hydrogen-bond acceptors (Lipinski definition) is 3. The molecule has 0 aromatic heterocycles. The van der Waals surface area contributed by atoms with E-state index in [2.05, 4.69) is 5.32 Å². The van der Waals surface area contributed by atoms with Gasteiger partial charge < -0.3 is 10.1 Å². The summed E-state index contributed by atoms with van der Waals surface area (Å²) in [4.78, 5) is 10.4. The molecule has 0 radical (unpaired) electrons. The normalized spacial score (nSPS) is 17.2. The lowest BCUT2D eigenvalue weighted by Gasteiger charge is -2.22. The summed E-state index contributed by atoms with van der Waals surface area (Å²) in [7, 11) is 0. The monoisotopic (exact) mass is 221 g/mol. The van der Waals surface area contributed by atoms with Gasteiger partial charge in [-0.1, -0.05) is 19.3 Å². The second kappa shape index (κ2) is 8.06. The van der Waals surface area contributed by atoms with Crippen LogP contribution in [0.15, 0.2) is 0 Å². The predicted octanol–water partition coefficient (Wildman–Crippen LogP) is 1.89. The van der Waals surface area contributed by atoms with E-state index in [1.807, 2.05) is 0 Å². The van der Waals surface area contributed by atoms with Crippen molar-refractivity contribution in [2.24, 2.45) is 0 Å². The van der Waals surface area contributed by atoms with Gasteiger partial charge in [0.05, 0.1) is 0 Å². The van der Waals surface area contributed by atoms with Crippen LogP contribution in [-0.2, 0) is 9.53 Å². The van der Waals surface area contributed by atoms with Gasteiger partial charge in [-0.15, -0.1) is 12.4 Å². The third kappa shape index (κ3) is 6.22. The minimum Gasteiger partial charge on any atom is -0.465 e. The van der Waals surface area contributed by atoms with E-state index in [-0.39, 0.29) is 18.4 Å². The first kappa shape index (κ1) is 13.7. The van der Waals surface area contributed by atoms with E-state index in [9.17, 15) is 4.79 Å². The maximum Gasteiger partial charge on any atom is 0.302 e. The first-order valence-electron chi connectivity index (χ1n) is 5.16. The van der Waals surface area contributed by atoms with Gasteiger partial charge >= 0.3 is 5.97 Å². The molecule has 0 amide bonds. The van der Waals surface area contributed by atoms with Crippen molar-refractivity contribution in [3.05, 3.63) is 0 Å². The highest BCUT2D eigenvalue weighted by molar-refractivity contribution is 5.85. The van der Waals surface area contributed by atoms with E-state index >= 15 is 0 Å². The van der Waals surface area contributed by atoms with Gasteiger partial charge in [-0.3, -0.25) is 4.79 Å². The fraction of sp³-hybridized carbons (Fsp3) is 0.900. The largest absolute Gasteiger partial charge is 0.465 e.